The van der Waals surface area contributed by atoms with Gasteiger partial charge in [-0.05, 0) is 43.6 Å². The molecule has 2 aromatic rings. The molecule has 2 N–H and O–H groups in total. The fourth-order valence-electron chi connectivity index (χ4n) is 2.71. The molecule has 7 heteroatoms. The third kappa shape index (κ3) is 2.96. The van der Waals surface area contributed by atoms with Crippen LogP contribution in [0.4, 0.5) is 0 Å². The zero-order valence-corrected chi connectivity index (χ0v) is 12.5. The van der Waals surface area contributed by atoms with Crippen LogP contribution in [0.1, 0.15) is 16.8 Å². The number of fused-ring (bicyclic) bond motifs is 1. The molecule has 1 saturated heterocycles. The maximum Gasteiger partial charge on any atom is 0.337 e. The van der Waals surface area contributed by atoms with Crippen molar-refractivity contribution in [3.05, 3.63) is 34.2 Å². The molecule has 3 rings (SSSR count). The highest BCUT2D eigenvalue weighted by atomic mass is 35.5. The maximum absolute atomic E-state index is 12.0. The quantitative estimate of drug-likeness (QED) is 0.834. The molecule has 0 radical (unpaired) electrons. The molecule has 1 aromatic heterocycles. The molecule has 0 amide bonds. The number of aromatic amines is 1. The summed E-state index contributed by atoms with van der Waals surface area (Å²) in [6.07, 6.45) is 1.07. The molecule has 1 fully saturated rings. The second kappa shape index (κ2) is 6.32. The number of aromatic nitrogens is 2. The summed E-state index contributed by atoms with van der Waals surface area (Å²) in [7, 11) is 1.35. The van der Waals surface area contributed by atoms with Crippen LogP contribution in [0.2, 0.25) is 0 Å². The van der Waals surface area contributed by atoms with E-state index in [1.165, 1.54) is 7.11 Å². The van der Waals surface area contributed by atoms with Gasteiger partial charge in [-0.1, -0.05) is 0 Å². The first-order chi connectivity index (χ1) is 9.69. The monoisotopic (exact) mass is 311 g/mol. The zero-order chi connectivity index (χ0) is 14.1. The first kappa shape index (κ1) is 15.6. The summed E-state index contributed by atoms with van der Waals surface area (Å²) in [4.78, 5) is 26.5. The van der Waals surface area contributed by atoms with E-state index in [1.54, 1.807) is 22.8 Å². The standard InChI is InChI=1S/C14H17N3O3.ClH/c1-20-13(18)10-2-3-11-12(6-10)17(14(19)16-11)8-9-4-5-15-7-9;/h2-3,6,9,15H,4-5,7-8H2,1H3,(H,16,19);1H. The summed E-state index contributed by atoms with van der Waals surface area (Å²) in [6.45, 7) is 2.58. The second-order valence-electron chi connectivity index (χ2n) is 5.12. The molecule has 0 spiro atoms. The number of carbonyl (C=O) groups is 1. The average molecular weight is 312 g/mol. The number of imidazole rings is 1. The molecule has 6 nitrogen and oxygen atoms in total. The van der Waals surface area contributed by atoms with Gasteiger partial charge < -0.3 is 15.0 Å². The molecular formula is C14H18ClN3O3. The van der Waals surface area contributed by atoms with Gasteiger partial charge in [0.2, 0.25) is 0 Å². The van der Waals surface area contributed by atoms with Crippen LogP contribution in [0.25, 0.3) is 11.0 Å². The van der Waals surface area contributed by atoms with E-state index in [0.717, 1.165) is 30.5 Å². The number of nitrogens with zero attached hydrogens (tertiary/aromatic N) is 1. The third-order valence-electron chi connectivity index (χ3n) is 3.80. The molecule has 0 bridgehead atoms. The lowest BCUT2D eigenvalue weighted by atomic mass is 10.1. The lowest BCUT2D eigenvalue weighted by Gasteiger charge is -2.09. The smallest absolute Gasteiger partial charge is 0.337 e. The normalized spacial score (nSPS) is 17.7. The molecule has 1 aliphatic heterocycles. The Morgan fingerprint density at radius 1 is 1.48 bits per heavy atom. The van der Waals surface area contributed by atoms with Crippen molar-refractivity contribution in [3.63, 3.8) is 0 Å². The summed E-state index contributed by atoms with van der Waals surface area (Å²) >= 11 is 0. The van der Waals surface area contributed by atoms with E-state index in [2.05, 4.69) is 10.3 Å². The van der Waals surface area contributed by atoms with Gasteiger partial charge in [-0.3, -0.25) is 4.57 Å². The molecule has 1 atom stereocenters. The zero-order valence-electron chi connectivity index (χ0n) is 11.7. The number of hydrogen-bond donors (Lipinski definition) is 2. The summed E-state index contributed by atoms with van der Waals surface area (Å²) in [5, 5.41) is 3.29. The lowest BCUT2D eigenvalue weighted by Crippen LogP contribution is -2.23. The van der Waals surface area contributed by atoms with E-state index in [0.29, 0.717) is 18.0 Å². The molecule has 1 aromatic carbocycles. The molecule has 1 unspecified atom stereocenters. The SMILES string of the molecule is COC(=O)c1ccc2[nH]c(=O)n(CC3CCNC3)c2c1.Cl. The molecule has 0 aliphatic carbocycles. The number of rotatable bonds is 3. The van der Waals surface area contributed by atoms with Crippen LogP contribution in [0.15, 0.2) is 23.0 Å². The van der Waals surface area contributed by atoms with Gasteiger partial charge in [0.25, 0.3) is 0 Å². The fourth-order valence-corrected chi connectivity index (χ4v) is 2.71. The number of ether oxygens (including phenoxy) is 1. The van der Waals surface area contributed by atoms with Crippen molar-refractivity contribution in [3.8, 4) is 0 Å². The first-order valence-electron chi connectivity index (χ1n) is 6.70. The predicted molar refractivity (Wildman–Crippen MR) is 82.1 cm³/mol. The highest BCUT2D eigenvalue weighted by molar-refractivity contribution is 5.93. The topological polar surface area (TPSA) is 76.1 Å². The van der Waals surface area contributed by atoms with Gasteiger partial charge in [-0.15, -0.1) is 12.4 Å². The van der Waals surface area contributed by atoms with E-state index in [-0.39, 0.29) is 18.1 Å². The Labute approximate surface area is 127 Å². The Kier molecular flexibility index (Phi) is 4.69. The Bertz CT molecular complexity index is 701. The van der Waals surface area contributed by atoms with Crippen LogP contribution in [0.5, 0.6) is 0 Å². The average Bonchev–Trinajstić information content (AvgIpc) is 3.07. The minimum absolute atomic E-state index is 0. The number of esters is 1. The highest BCUT2D eigenvalue weighted by Gasteiger charge is 2.18. The van der Waals surface area contributed by atoms with E-state index >= 15 is 0 Å². The summed E-state index contributed by atoms with van der Waals surface area (Å²) < 4.78 is 6.43. The first-order valence-corrected chi connectivity index (χ1v) is 6.70. The van der Waals surface area contributed by atoms with Crippen molar-refractivity contribution in [1.82, 2.24) is 14.9 Å². The Balaban J connectivity index is 0.00000161. The lowest BCUT2D eigenvalue weighted by molar-refractivity contribution is 0.0601. The minimum atomic E-state index is -0.394. The van der Waals surface area contributed by atoms with Crippen molar-refractivity contribution in [2.24, 2.45) is 5.92 Å². The van der Waals surface area contributed by atoms with Gasteiger partial charge in [-0.2, -0.15) is 0 Å². The number of H-pyrrole nitrogens is 1. The van der Waals surface area contributed by atoms with Crippen LogP contribution < -0.4 is 11.0 Å². The highest BCUT2D eigenvalue weighted by Crippen LogP contribution is 2.17. The van der Waals surface area contributed by atoms with Gasteiger partial charge in [0, 0.05) is 6.54 Å². The predicted octanol–water partition coefficient (Wildman–Crippen LogP) is 1.15. The number of benzene rings is 1. The van der Waals surface area contributed by atoms with E-state index in [1.807, 2.05) is 0 Å². The Hall–Kier alpha value is -1.79. The molecule has 21 heavy (non-hydrogen) atoms. The number of hydrogen-bond acceptors (Lipinski definition) is 4. The number of halogens is 1. The van der Waals surface area contributed by atoms with Crippen LogP contribution in [-0.4, -0.2) is 35.7 Å². The summed E-state index contributed by atoms with van der Waals surface area (Å²) in [6, 6.07) is 5.11. The molecule has 1 aliphatic rings. The van der Waals surface area contributed by atoms with Crippen molar-refractivity contribution >= 4 is 29.4 Å². The molecular weight excluding hydrogens is 294 g/mol. The van der Waals surface area contributed by atoms with Crippen molar-refractivity contribution in [2.45, 2.75) is 13.0 Å². The van der Waals surface area contributed by atoms with Gasteiger partial charge in [0.15, 0.2) is 0 Å². The number of nitrogens with one attached hydrogen (secondary N) is 2. The minimum Gasteiger partial charge on any atom is -0.465 e. The van der Waals surface area contributed by atoms with Gasteiger partial charge in [0.1, 0.15) is 0 Å². The van der Waals surface area contributed by atoms with Crippen LogP contribution in [0, 0.1) is 5.92 Å². The van der Waals surface area contributed by atoms with Crippen molar-refractivity contribution in [2.75, 3.05) is 20.2 Å². The van der Waals surface area contributed by atoms with Gasteiger partial charge in [-0.25, -0.2) is 9.59 Å². The van der Waals surface area contributed by atoms with Crippen LogP contribution >= 0.6 is 12.4 Å². The van der Waals surface area contributed by atoms with Crippen LogP contribution in [0.3, 0.4) is 0 Å². The van der Waals surface area contributed by atoms with Gasteiger partial charge >= 0.3 is 11.7 Å². The van der Waals surface area contributed by atoms with E-state index in [4.69, 9.17) is 4.74 Å². The van der Waals surface area contributed by atoms with Crippen molar-refractivity contribution < 1.29 is 9.53 Å². The molecule has 114 valence electrons. The van der Waals surface area contributed by atoms with Crippen LogP contribution in [-0.2, 0) is 11.3 Å². The number of carbonyl (C=O) groups excluding carboxylic acids is 1. The largest absolute Gasteiger partial charge is 0.465 e. The summed E-state index contributed by atoms with van der Waals surface area (Å²) in [5.74, 6) is 0.0584. The van der Waals surface area contributed by atoms with Crippen molar-refractivity contribution in [1.29, 1.82) is 0 Å². The third-order valence-corrected chi connectivity index (χ3v) is 3.80. The molecule has 2 heterocycles. The van der Waals surface area contributed by atoms with Gasteiger partial charge in [0.05, 0.1) is 23.7 Å². The number of methoxy groups -OCH3 is 1. The maximum atomic E-state index is 12.0. The summed E-state index contributed by atoms with van der Waals surface area (Å²) in [5.41, 5.74) is 1.82. The molecule has 0 saturated carbocycles. The second-order valence-corrected chi connectivity index (χ2v) is 5.12. The fraction of sp³-hybridized carbons (Fsp3) is 0.429. The van der Waals surface area contributed by atoms with E-state index in [9.17, 15) is 9.59 Å². The van der Waals surface area contributed by atoms with E-state index < -0.39 is 5.97 Å². The Morgan fingerprint density at radius 2 is 2.29 bits per heavy atom. The Morgan fingerprint density at radius 3 is 2.95 bits per heavy atom.